The molecule has 0 unspecified atom stereocenters. The highest BCUT2D eigenvalue weighted by molar-refractivity contribution is 7.99. The quantitative estimate of drug-likeness (QED) is 0.376. The van der Waals surface area contributed by atoms with Crippen LogP contribution in [0.3, 0.4) is 0 Å². The molecule has 98 valence electrons. The Balaban J connectivity index is 2.51. The lowest BCUT2D eigenvalue weighted by Gasteiger charge is -2.13. The van der Waals surface area contributed by atoms with Crippen molar-refractivity contribution in [1.29, 1.82) is 0 Å². The topological polar surface area (TPSA) is 31.6 Å². The van der Waals surface area contributed by atoms with Crippen molar-refractivity contribution in [3.05, 3.63) is 17.9 Å². The number of rotatable bonds is 9. The Labute approximate surface area is 108 Å². The lowest BCUT2D eigenvalue weighted by atomic mass is 10.4. The van der Waals surface area contributed by atoms with Crippen molar-refractivity contribution in [2.75, 3.05) is 19.0 Å². The first-order chi connectivity index (χ1) is 8.31. The van der Waals surface area contributed by atoms with Crippen LogP contribution in [0.4, 0.5) is 0 Å². The van der Waals surface area contributed by atoms with E-state index in [1.54, 1.807) is 11.8 Å². The van der Waals surface area contributed by atoms with Gasteiger partial charge in [-0.1, -0.05) is 25.1 Å². The Morgan fingerprint density at radius 3 is 2.47 bits per heavy atom. The number of hydrogen-bond acceptors (Lipinski definition) is 4. The van der Waals surface area contributed by atoms with Crippen LogP contribution in [-0.4, -0.2) is 19.0 Å². The van der Waals surface area contributed by atoms with Crippen molar-refractivity contribution in [2.45, 2.75) is 45.0 Å². The molecule has 0 spiro atoms. The Kier molecular flexibility index (Phi) is 7.40. The Morgan fingerprint density at radius 1 is 1.18 bits per heavy atom. The SMILES string of the molecule is CCCCSc1ccc(C(OCC)OCC)o1. The maximum atomic E-state index is 5.71. The summed E-state index contributed by atoms with van der Waals surface area (Å²) in [6.45, 7) is 7.32. The minimum Gasteiger partial charge on any atom is -0.449 e. The second kappa shape index (κ2) is 8.61. The summed E-state index contributed by atoms with van der Waals surface area (Å²) in [5.41, 5.74) is 0. The molecule has 1 aromatic rings. The normalized spacial score (nSPS) is 11.3. The summed E-state index contributed by atoms with van der Waals surface area (Å²) < 4.78 is 16.7. The molecular weight excluding hydrogens is 236 g/mol. The number of hydrogen-bond donors (Lipinski definition) is 0. The lowest BCUT2D eigenvalue weighted by molar-refractivity contribution is -0.151. The van der Waals surface area contributed by atoms with Crippen LogP contribution in [0.2, 0.25) is 0 Å². The predicted octanol–water partition coefficient (Wildman–Crippen LogP) is 4.24. The van der Waals surface area contributed by atoms with E-state index >= 15 is 0 Å². The minimum absolute atomic E-state index is 0.370. The fraction of sp³-hybridized carbons (Fsp3) is 0.692. The zero-order valence-electron chi connectivity index (χ0n) is 10.9. The van der Waals surface area contributed by atoms with E-state index in [0.717, 1.165) is 16.6 Å². The van der Waals surface area contributed by atoms with Crippen molar-refractivity contribution in [1.82, 2.24) is 0 Å². The second-order valence-electron chi connectivity index (χ2n) is 3.60. The molecule has 17 heavy (non-hydrogen) atoms. The molecular formula is C13H22O3S. The van der Waals surface area contributed by atoms with E-state index < -0.39 is 0 Å². The Hall–Kier alpha value is -0.450. The van der Waals surface area contributed by atoms with Gasteiger partial charge in [-0.05, 0) is 32.4 Å². The fourth-order valence-electron chi connectivity index (χ4n) is 1.37. The van der Waals surface area contributed by atoms with Crippen molar-refractivity contribution >= 4 is 11.8 Å². The molecule has 0 fully saturated rings. The van der Waals surface area contributed by atoms with Crippen LogP contribution < -0.4 is 0 Å². The van der Waals surface area contributed by atoms with Crippen LogP contribution in [0, 0.1) is 0 Å². The lowest BCUT2D eigenvalue weighted by Crippen LogP contribution is -2.07. The van der Waals surface area contributed by atoms with Gasteiger partial charge in [-0.25, -0.2) is 0 Å². The van der Waals surface area contributed by atoms with Gasteiger partial charge in [-0.3, -0.25) is 0 Å². The average Bonchev–Trinajstić information content (AvgIpc) is 2.78. The number of unbranched alkanes of at least 4 members (excludes halogenated alkanes) is 1. The molecule has 0 aliphatic rings. The van der Waals surface area contributed by atoms with Gasteiger partial charge in [0.15, 0.2) is 10.9 Å². The standard InChI is InChI=1S/C13H22O3S/c1-4-7-10-17-12-9-8-11(16-12)13(14-5-2)15-6-3/h8-9,13H,4-7,10H2,1-3H3. The molecule has 0 bridgehead atoms. The highest BCUT2D eigenvalue weighted by atomic mass is 32.2. The van der Waals surface area contributed by atoms with Crippen LogP contribution in [0.25, 0.3) is 0 Å². The van der Waals surface area contributed by atoms with Crippen molar-refractivity contribution < 1.29 is 13.9 Å². The van der Waals surface area contributed by atoms with Gasteiger partial charge in [0.05, 0.1) is 0 Å². The summed E-state index contributed by atoms with van der Waals surface area (Å²) in [4.78, 5) is 0. The smallest absolute Gasteiger partial charge is 0.217 e. The van der Waals surface area contributed by atoms with Crippen LogP contribution in [-0.2, 0) is 9.47 Å². The molecule has 3 nitrogen and oxygen atoms in total. The third-order valence-corrected chi connectivity index (χ3v) is 3.21. The molecule has 0 saturated heterocycles. The van der Waals surface area contributed by atoms with Gasteiger partial charge in [0.2, 0.25) is 6.29 Å². The molecule has 0 saturated carbocycles. The molecule has 0 N–H and O–H groups in total. The maximum absolute atomic E-state index is 5.71. The van der Waals surface area contributed by atoms with Gasteiger partial charge < -0.3 is 13.9 Å². The zero-order chi connectivity index (χ0) is 12.5. The molecule has 0 aromatic carbocycles. The zero-order valence-corrected chi connectivity index (χ0v) is 11.7. The monoisotopic (exact) mass is 258 g/mol. The molecule has 1 aromatic heterocycles. The van der Waals surface area contributed by atoms with E-state index in [4.69, 9.17) is 13.9 Å². The first-order valence-corrected chi connectivity index (χ1v) is 7.26. The molecule has 0 atom stereocenters. The number of ether oxygens (including phenoxy) is 2. The largest absolute Gasteiger partial charge is 0.449 e. The Morgan fingerprint density at radius 2 is 1.88 bits per heavy atom. The summed E-state index contributed by atoms with van der Waals surface area (Å²) in [6, 6.07) is 3.92. The van der Waals surface area contributed by atoms with Crippen LogP contribution >= 0.6 is 11.8 Å². The first-order valence-electron chi connectivity index (χ1n) is 6.27. The highest BCUT2D eigenvalue weighted by Crippen LogP contribution is 2.27. The van der Waals surface area contributed by atoms with Crippen LogP contribution in [0.15, 0.2) is 21.6 Å². The Bertz CT molecular complexity index is 293. The second-order valence-corrected chi connectivity index (χ2v) is 4.70. The van der Waals surface area contributed by atoms with E-state index in [-0.39, 0.29) is 6.29 Å². The molecule has 0 radical (unpaired) electrons. The van der Waals surface area contributed by atoms with E-state index in [0.29, 0.717) is 13.2 Å². The van der Waals surface area contributed by atoms with Crippen molar-refractivity contribution in [2.24, 2.45) is 0 Å². The van der Waals surface area contributed by atoms with E-state index in [2.05, 4.69) is 6.92 Å². The maximum Gasteiger partial charge on any atom is 0.217 e. The molecule has 4 heteroatoms. The average molecular weight is 258 g/mol. The summed E-state index contributed by atoms with van der Waals surface area (Å²) in [5, 5.41) is 0.942. The van der Waals surface area contributed by atoms with Gasteiger partial charge in [0, 0.05) is 19.0 Å². The molecule has 0 aliphatic heterocycles. The van der Waals surface area contributed by atoms with Gasteiger partial charge in [-0.15, -0.1) is 0 Å². The van der Waals surface area contributed by atoms with Gasteiger partial charge in [0.25, 0.3) is 0 Å². The summed E-state index contributed by atoms with van der Waals surface area (Å²) >= 11 is 1.74. The van der Waals surface area contributed by atoms with Crippen LogP contribution in [0.5, 0.6) is 0 Å². The minimum atomic E-state index is -0.370. The molecule has 1 heterocycles. The summed E-state index contributed by atoms with van der Waals surface area (Å²) in [6.07, 6.45) is 2.05. The van der Waals surface area contributed by atoms with Gasteiger partial charge >= 0.3 is 0 Å². The third kappa shape index (κ3) is 5.15. The van der Waals surface area contributed by atoms with Crippen molar-refractivity contribution in [3.63, 3.8) is 0 Å². The van der Waals surface area contributed by atoms with E-state index in [1.807, 2.05) is 26.0 Å². The van der Waals surface area contributed by atoms with E-state index in [1.165, 1.54) is 12.8 Å². The van der Waals surface area contributed by atoms with Crippen molar-refractivity contribution in [3.8, 4) is 0 Å². The van der Waals surface area contributed by atoms with Gasteiger partial charge in [0.1, 0.15) is 0 Å². The van der Waals surface area contributed by atoms with Gasteiger partial charge in [-0.2, -0.15) is 0 Å². The molecule has 0 amide bonds. The molecule has 0 aliphatic carbocycles. The third-order valence-electron chi connectivity index (χ3n) is 2.21. The number of thioether (sulfide) groups is 1. The fourth-order valence-corrected chi connectivity index (χ4v) is 2.32. The highest BCUT2D eigenvalue weighted by Gasteiger charge is 2.15. The molecule has 1 rings (SSSR count). The summed E-state index contributed by atoms with van der Waals surface area (Å²) in [7, 11) is 0. The van der Waals surface area contributed by atoms with E-state index in [9.17, 15) is 0 Å². The first kappa shape index (κ1) is 14.6. The van der Waals surface area contributed by atoms with Crippen LogP contribution in [0.1, 0.15) is 45.7 Å². The number of furan rings is 1. The predicted molar refractivity (Wildman–Crippen MR) is 70.3 cm³/mol. The summed E-state index contributed by atoms with van der Waals surface area (Å²) in [5.74, 6) is 1.85.